The lowest BCUT2D eigenvalue weighted by Gasteiger charge is -2.47. The molecule has 0 aliphatic rings. The van der Waals surface area contributed by atoms with Crippen molar-refractivity contribution < 1.29 is 277 Å². The van der Waals surface area contributed by atoms with Crippen LogP contribution in [0.4, 0.5) is 272 Å². The van der Waals surface area contributed by atoms with Crippen molar-refractivity contribution in [3.63, 3.8) is 0 Å². The van der Waals surface area contributed by atoms with E-state index in [1.54, 1.807) is 0 Å². The maximum atomic E-state index is 14.1. The van der Waals surface area contributed by atoms with Gasteiger partial charge in [0.25, 0.3) is 0 Å². The van der Waals surface area contributed by atoms with Crippen molar-refractivity contribution >= 4 is 0 Å². The van der Waals surface area contributed by atoms with Gasteiger partial charge in [-0.25, -0.2) is 4.74 Å². The SMILES string of the molecule is FC(F)(F)C(F)(F)C(F)(F)C(F)(F)C(F)(F)C(F)(F)C(F)(F)C(F)(F)C(F)(F)C(F)(F)C(F)(F)C(F)(F)C(F)(F)C(F)(F)C(F)(F)OC(F)(F)C(F)(F)C(F)(F)C(F)(F)C(F)(F)C(F)(F)C(F)(F)C(F)(F)C(F)(F)C(F)(F)C(F)(F)C(F)(F)C(F)(F)C(F)(F)C(F)(F)F. The van der Waals surface area contributed by atoms with Crippen LogP contribution in [0.15, 0.2) is 0 Å². The molecular formula is C30F62O. The Labute approximate surface area is 457 Å². The average Bonchev–Trinajstić information content (AvgIpc) is 3.31. The molecule has 0 aromatic heterocycles. The van der Waals surface area contributed by atoms with Crippen LogP contribution in [-0.2, 0) is 4.74 Å². The van der Waals surface area contributed by atoms with Crippen LogP contribution in [0.1, 0.15) is 0 Å². The Kier molecular flexibility index (Phi) is 20.1. The highest BCUT2D eigenvalue weighted by Crippen LogP contribution is 2.73. The van der Waals surface area contributed by atoms with Crippen molar-refractivity contribution in [1.29, 1.82) is 0 Å². The van der Waals surface area contributed by atoms with Crippen LogP contribution >= 0.6 is 0 Å². The van der Waals surface area contributed by atoms with Crippen molar-refractivity contribution in [2.75, 3.05) is 0 Å². The Morgan fingerprint density at radius 1 is 0.0860 bits per heavy atom. The van der Waals surface area contributed by atoms with E-state index in [0.717, 1.165) is 0 Å². The first-order valence-electron chi connectivity index (χ1n) is 19.1. The molecule has 0 bridgehead atoms. The summed E-state index contributed by atoms with van der Waals surface area (Å²) in [5.74, 6) is -274. The third-order valence-electron chi connectivity index (χ3n) is 11.2. The number of ether oxygens (including phenoxy) is 1. The lowest BCUT2D eigenvalue weighted by atomic mass is 9.83. The Morgan fingerprint density at radius 3 is 0.226 bits per heavy atom. The highest BCUT2D eigenvalue weighted by Gasteiger charge is 3.05. The second-order valence-corrected chi connectivity index (χ2v) is 17.1. The molecule has 1 nitrogen and oxygen atoms in total. The van der Waals surface area contributed by atoms with Crippen molar-refractivity contribution in [1.82, 2.24) is 0 Å². The van der Waals surface area contributed by atoms with E-state index in [-0.39, 0.29) is 4.74 Å². The zero-order chi connectivity index (χ0) is 77.7. The second kappa shape index (κ2) is 21.1. The molecule has 0 fully saturated rings. The fraction of sp³-hybridized carbons (Fsp3) is 1.00. The van der Waals surface area contributed by atoms with Gasteiger partial charge >= 0.3 is 179 Å². The normalized spacial score (nSPS) is 17.6. The minimum Gasteiger partial charge on any atom is -0.245 e. The van der Waals surface area contributed by atoms with Gasteiger partial charge in [-0.05, 0) is 0 Å². The van der Waals surface area contributed by atoms with Crippen LogP contribution in [0.5, 0.6) is 0 Å². The molecule has 0 aromatic rings. The fourth-order valence-corrected chi connectivity index (χ4v) is 5.35. The van der Waals surface area contributed by atoms with E-state index in [4.69, 9.17) is 0 Å². The first-order chi connectivity index (χ1) is 38.7. The van der Waals surface area contributed by atoms with Gasteiger partial charge in [-0.15, -0.1) is 0 Å². The fourth-order valence-electron chi connectivity index (χ4n) is 5.35. The maximum Gasteiger partial charge on any atom is 0.460 e. The van der Waals surface area contributed by atoms with Crippen LogP contribution in [0.25, 0.3) is 0 Å². The summed E-state index contributed by atoms with van der Waals surface area (Å²) in [5, 5.41) is 0. The Hall–Kier alpha value is -4.38. The van der Waals surface area contributed by atoms with E-state index in [1.807, 2.05) is 0 Å². The van der Waals surface area contributed by atoms with Gasteiger partial charge in [0.1, 0.15) is 0 Å². The van der Waals surface area contributed by atoms with Crippen molar-refractivity contribution in [2.45, 2.75) is 179 Å². The number of hydrogen-bond donors (Lipinski definition) is 0. The Balaban J connectivity index is 8.15. The smallest absolute Gasteiger partial charge is 0.245 e. The summed E-state index contributed by atoms with van der Waals surface area (Å²) in [7, 11) is 0. The van der Waals surface area contributed by atoms with E-state index in [9.17, 15) is 272 Å². The number of hydrogen-bond acceptors (Lipinski definition) is 1. The maximum absolute atomic E-state index is 14.1. The van der Waals surface area contributed by atoms with Gasteiger partial charge in [-0.3, -0.25) is 0 Å². The van der Waals surface area contributed by atoms with Gasteiger partial charge in [0, 0.05) is 0 Å². The summed E-state index contributed by atoms with van der Waals surface area (Å²) < 4.78 is 849. The monoisotopic (exact) mass is 1550 g/mol. The number of halogens is 62. The van der Waals surface area contributed by atoms with Crippen LogP contribution in [-0.4, -0.2) is 179 Å². The first-order valence-corrected chi connectivity index (χ1v) is 19.1. The third-order valence-corrected chi connectivity index (χ3v) is 11.2. The Morgan fingerprint density at radius 2 is 0.151 bits per heavy atom. The second-order valence-electron chi connectivity index (χ2n) is 17.1. The molecule has 0 aliphatic heterocycles. The highest BCUT2D eigenvalue weighted by molar-refractivity contribution is 5.24. The molecule has 0 atom stereocenters. The summed E-state index contributed by atoms with van der Waals surface area (Å²) in [6.45, 7) is 0. The van der Waals surface area contributed by atoms with Gasteiger partial charge < -0.3 is 0 Å². The van der Waals surface area contributed by atoms with Crippen LogP contribution in [0, 0.1) is 0 Å². The van der Waals surface area contributed by atoms with Crippen LogP contribution in [0.2, 0.25) is 0 Å². The van der Waals surface area contributed by atoms with Gasteiger partial charge in [0.05, 0.1) is 0 Å². The molecule has 0 rings (SSSR count). The highest BCUT2D eigenvalue weighted by atomic mass is 19.5. The molecule has 0 aliphatic carbocycles. The first kappa shape index (κ1) is 88.6. The lowest BCUT2D eigenvalue weighted by molar-refractivity contribution is -0.531. The number of rotatable bonds is 28. The van der Waals surface area contributed by atoms with Gasteiger partial charge in [-0.1, -0.05) is 0 Å². The molecule has 0 N–H and O–H groups in total. The summed E-state index contributed by atoms with van der Waals surface area (Å²) in [4.78, 5) is 0. The zero-order valence-electron chi connectivity index (χ0n) is 38.8. The molecular weight excluding hydrogens is 1550 g/mol. The van der Waals surface area contributed by atoms with E-state index in [2.05, 4.69) is 0 Å². The standard InChI is InChI=1S/C30F62O/c31-1(32,3(35,36)7(43,44)11(51,52)15(59,60)19(67,68)23(75,76)27(83,84)85)5(39,40)9(47,48)13(55,56)17(63,64)21(71,72)25(79,80)29(89,90)93-30(91,92)26(81,82)22(73,74)18(65,66)14(57,58)10(49,50)6(41,42)2(33,34)4(37,38)8(45,46)12(53,54)16(61,62)20(69,70)24(77,78)28(86,87)88. The summed E-state index contributed by atoms with van der Waals surface area (Å²) in [6.07, 6.45) is -38.1. The van der Waals surface area contributed by atoms with Crippen molar-refractivity contribution in [2.24, 2.45) is 0 Å². The molecule has 0 spiro atoms. The summed E-state index contributed by atoms with van der Waals surface area (Å²) in [6, 6.07) is 0. The van der Waals surface area contributed by atoms with Crippen LogP contribution in [0.3, 0.4) is 0 Å². The molecule has 0 amide bonds. The molecule has 0 radical (unpaired) electrons. The largest absolute Gasteiger partial charge is 0.460 e. The zero-order valence-corrected chi connectivity index (χ0v) is 38.8. The van der Waals surface area contributed by atoms with Crippen molar-refractivity contribution in [3.05, 3.63) is 0 Å². The van der Waals surface area contributed by atoms with E-state index in [0.29, 0.717) is 0 Å². The third kappa shape index (κ3) is 9.99. The Bertz CT molecular complexity index is 2500. The van der Waals surface area contributed by atoms with Crippen LogP contribution < -0.4 is 0 Å². The predicted molar refractivity (Wildman–Crippen MR) is 152 cm³/mol. The van der Waals surface area contributed by atoms with Gasteiger partial charge in [0.2, 0.25) is 0 Å². The molecule has 0 saturated carbocycles. The number of alkyl halides is 62. The van der Waals surface area contributed by atoms with E-state index in [1.165, 1.54) is 0 Å². The molecule has 93 heavy (non-hydrogen) atoms. The van der Waals surface area contributed by atoms with E-state index >= 15 is 0 Å². The molecule has 0 saturated heterocycles. The molecule has 0 unspecified atom stereocenters. The van der Waals surface area contributed by atoms with Gasteiger partial charge in [-0.2, -0.15) is 272 Å². The van der Waals surface area contributed by atoms with Gasteiger partial charge in [0.15, 0.2) is 0 Å². The van der Waals surface area contributed by atoms with Crippen molar-refractivity contribution in [3.8, 4) is 0 Å². The molecule has 0 aromatic carbocycles. The lowest BCUT2D eigenvalue weighted by Crippen LogP contribution is -2.80. The minimum atomic E-state index is -11.0. The topological polar surface area (TPSA) is 9.23 Å². The molecule has 63 heteroatoms. The summed E-state index contributed by atoms with van der Waals surface area (Å²) in [5.41, 5.74) is 0. The molecule has 0 heterocycles. The molecule has 560 valence electrons. The minimum absolute atomic E-state index is 0.0179. The quantitative estimate of drug-likeness (QED) is 0.0710. The average molecular weight is 1550 g/mol. The van der Waals surface area contributed by atoms with E-state index < -0.39 is 179 Å². The summed E-state index contributed by atoms with van der Waals surface area (Å²) >= 11 is 0. The predicted octanol–water partition coefficient (Wildman–Crippen LogP) is 19.8.